The molecule has 0 bridgehead atoms. The number of halogens is 1. The SMILES string of the molecule is COc1cccc(NCCC(=O)Nc2ccc(F)cc2)c1. The fraction of sp³-hybridized carbons (Fsp3) is 0.188. The maximum atomic E-state index is 12.7. The van der Waals surface area contributed by atoms with E-state index in [1.807, 2.05) is 24.3 Å². The van der Waals surface area contributed by atoms with Gasteiger partial charge in [0.25, 0.3) is 0 Å². The lowest BCUT2D eigenvalue weighted by Crippen LogP contribution is -2.16. The Bertz CT molecular complexity index is 599. The number of hydrogen-bond acceptors (Lipinski definition) is 3. The number of carbonyl (C=O) groups is 1. The minimum atomic E-state index is -0.326. The zero-order valence-electron chi connectivity index (χ0n) is 11.7. The summed E-state index contributed by atoms with van der Waals surface area (Å²) in [5.41, 5.74) is 1.48. The minimum absolute atomic E-state index is 0.128. The monoisotopic (exact) mass is 288 g/mol. The number of methoxy groups -OCH3 is 1. The van der Waals surface area contributed by atoms with Gasteiger partial charge in [0.2, 0.25) is 5.91 Å². The maximum Gasteiger partial charge on any atom is 0.226 e. The van der Waals surface area contributed by atoms with Crippen LogP contribution in [0.5, 0.6) is 5.75 Å². The number of anilines is 2. The molecule has 0 fully saturated rings. The molecule has 0 aliphatic heterocycles. The van der Waals surface area contributed by atoms with E-state index in [0.29, 0.717) is 18.7 Å². The Morgan fingerprint density at radius 3 is 2.62 bits per heavy atom. The second-order valence-corrected chi connectivity index (χ2v) is 4.46. The quantitative estimate of drug-likeness (QED) is 0.857. The highest BCUT2D eigenvalue weighted by Crippen LogP contribution is 2.16. The van der Waals surface area contributed by atoms with E-state index in [0.717, 1.165) is 11.4 Å². The Kier molecular flexibility index (Phi) is 5.15. The second-order valence-electron chi connectivity index (χ2n) is 4.46. The van der Waals surface area contributed by atoms with Gasteiger partial charge in [-0.2, -0.15) is 0 Å². The van der Waals surface area contributed by atoms with Gasteiger partial charge in [0.15, 0.2) is 0 Å². The highest BCUT2D eigenvalue weighted by atomic mass is 19.1. The van der Waals surface area contributed by atoms with Crippen LogP contribution in [0.1, 0.15) is 6.42 Å². The molecule has 0 saturated heterocycles. The Balaban J connectivity index is 1.77. The van der Waals surface area contributed by atoms with Gasteiger partial charge >= 0.3 is 0 Å². The van der Waals surface area contributed by atoms with E-state index in [1.165, 1.54) is 24.3 Å². The molecule has 0 saturated carbocycles. The van der Waals surface area contributed by atoms with Crippen LogP contribution in [0.2, 0.25) is 0 Å². The molecule has 2 N–H and O–H groups in total. The van der Waals surface area contributed by atoms with Gasteiger partial charge in [-0.15, -0.1) is 0 Å². The Labute approximate surface area is 122 Å². The largest absolute Gasteiger partial charge is 0.497 e. The molecule has 21 heavy (non-hydrogen) atoms. The van der Waals surface area contributed by atoms with Crippen molar-refractivity contribution < 1.29 is 13.9 Å². The number of rotatable bonds is 6. The molecule has 4 nitrogen and oxygen atoms in total. The number of carbonyl (C=O) groups excluding carboxylic acids is 1. The molecule has 0 radical (unpaired) electrons. The molecule has 0 atom stereocenters. The van der Waals surface area contributed by atoms with Gasteiger partial charge in [0, 0.05) is 30.4 Å². The number of nitrogens with one attached hydrogen (secondary N) is 2. The van der Waals surface area contributed by atoms with Crippen LogP contribution >= 0.6 is 0 Å². The van der Waals surface area contributed by atoms with E-state index >= 15 is 0 Å². The maximum absolute atomic E-state index is 12.7. The van der Waals surface area contributed by atoms with Gasteiger partial charge in [0.1, 0.15) is 11.6 Å². The van der Waals surface area contributed by atoms with Crippen molar-refractivity contribution >= 4 is 17.3 Å². The minimum Gasteiger partial charge on any atom is -0.497 e. The van der Waals surface area contributed by atoms with Gasteiger partial charge in [-0.3, -0.25) is 4.79 Å². The van der Waals surface area contributed by atoms with Crippen molar-refractivity contribution in [3.63, 3.8) is 0 Å². The lowest BCUT2D eigenvalue weighted by molar-refractivity contribution is -0.115. The molecule has 2 aromatic carbocycles. The summed E-state index contributed by atoms with van der Waals surface area (Å²) in [4.78, 5) is 11.7. The standard InChI is InChI=1S/C16H17FN2O2/c1-21-15-4-2-3-14(11-15)18-10-9-16(20)19-13-7-5-12(17)6-8-13/h2-8,11,18H,9-10H2,1H3,(H,19,20). The summed E-state index contributed by atoms with van der Waals surface area (Å²) in [5, 5.41) is 5.85. The van der Waals surface area contributed by atoms with Crippen molar-refractivity contribution in [1.82, 2.24) is 0 Å². The number of ether oxygens (including phenoxy) is 1. The third kappa shape index (κ3) is 4.80. The fourth-order valence-electron chi connectivity index (χ4n) is 1.81. The molecule has 0 spiro atoms. The molecule has 110 valence electrons. The summed E-state index contributed by atoms with van der Waals surface area (Å²) < 4.78 is 17.9. The third-order valence-electron chi connectivity index (χ3n) is 2.88. The molecule has 0 aliphatic carbocycles. The van der Waals surface area contributed by atoms with Crippen LogP contribution in [0.15, 0.2) is 48.5 Å². The Hall–Kier alpha value is -2.56. The number of amides is 1. The zero-order valence-corrected chi connectivity index (χ0v) is 11.7. The Morgan fingerprint density at radius 1 is 1.14 bits per heavy atom. The van der Waals surface area contributed by atoms with Crippen molar-refractivity contribution in [2.24, 2.45) is 0 Å². The molecule has 1 amide bonds. The van der Waals surface area contributed by atoms with Gasteiger partial charge in [-0.1, -0.05) is 6.07 Å². The van der Waals surface area contributed by atoms with Gasteiger partial charge < -0.3 is 15.4 Å². The van der Waals surface area contributed by atoms with E-state index in [1.54, 1.807) is 7.11 Å². The molecular formula is C16H17FN2O2. The third-order valence-corrected chi connectivity index (χ3v) is 2.88. The highest BCUT2D eigenvalue weighted by Gasteiger charge is 2.03. The van der Waals surface area contributed by atoms with Crippen molar-refractivity contribution in [3.05, 3.63) is 54.3 Å². The lowest BCUT2D eigenvalue weighted by atomic mass is 10.2. The molecular weight excluding hydrogens is 271 g/mol. The van der Waals surface area contributed by atoms with Crippen LogP contribution in [0, 0.1) is 5.82 Å². The van der Waals surface area contributed by atoms with Gasteiger partial charge in [-0.05, 0) is 36.4 Å². The van der Waals surface area contributed by atoms with E-state index in [4.69, 9.17) is 4.74 Å². The predicted molar refractivity (Wildman–Crippen MR) is 81.1 cm³/mol. The summed E-state index contributed by atoms with van der Waals surface area (Å²) >= 11 is 0. The summed E-state index contributed by atoms with van der Waals surface area (Å²) in [5.74, 6) is 0.306. The number of benzene rings is 2. The van der Waals surface area contributed by atoms with E-state index in [9.17, 15) is 9.18 Å². The van der Waals surface area contributed by atoms with Crippen LogP contribution in [-0.4, -0.2) is 19.6 Å². The Morgan fingerprint density at radius 2 is 1.90 bits per heavy atom. The van der Waals surface area contributed by atoms with Crippen LogP contribution in [0.3, 0.4) is 0 Å². The first-order valence-corrected chi connectivity index (χ1v) is 6.61. The first kappa shape index (κ1) is 14.8. The van der Waals surface area contributed by atoms with Crippen LogP contribution in [0.4, 0.5) is 15.8 Å². The second kappa shape index (κ2) is 7.28. The summed E-state index contributed by atoms with van der Waals surface area (Å²) in [6.07, 6.45) is 0.314. The van der Waals surface area contributed by atoms with Gasteiger partial charge in [-0.25, -0.2) is 4.39 Å². The molecule has 5 heteroatoms. The highest BCUT2D eigenvalue weighted by molar-refractivity contribution is 5.90. The van der Waals surface area contributed by atoms with Gasteiger partial charge in [0.05, 0.1) is 7.11 Å². The molecule has 0 heterocycles. The molecule has 0 aromatic heterocycles. The first-order chi connectivity index (χ1) is 10.2. The summed E-state index contributed by atoms with van der Waals surface area (Å²) in [6, 6.07) is 13.2. The van der Waals surface area contributed by atoms with Crippen LogP contribution < -0.4 is 15.4 Å². The average molecular weight is 288 g/mol. The first-order valence-electron chi connectivity index (χ1n) is 6.61. The average Bonchev–Trinajstić information content (AvgIpc) is 2.50. The summed E-state index contributed by atoms with van der Waals surface area (Å²) in [6.45, 7) is 0.500. The zero-order chi connectivity index (χ0) is 15.1. The molecule has 2 rings (SSSR count). The lowest BCUT2D eigenvalue weighted by Gasteiger charge is -2.08. The normalized spacial score (nSPS) is 10.0. The van der Waals surface area contributed by atoms with E-state index < -0.39 is 0 Å². The van der Waals surface area contributed by atoms with E-state index in [-0.39, 0.29) is 11.7 Å². The summed E-state index contributed by atoms with van der Waals surface area (Å²) in [7, 11) is 1.61. The van der Waals surface area contributed by atoms with E-state index in [2.05, 4.69) is 10.6 Å². The van der Waals surface area contributed by atoms with Crippen molar-refractivity contribution in [1.29, 1.82) is 0 Å². The molecule has 0 aliphatic rings. The van der Waals surface area contributed by atoms with Crippen LogP contribution in [0.25, 0.3) is 0 Å². The van der Waals surface area contributed by atoms with Crippen molar-refractivity contribution in [2.45, 2.75) is 6.42 Å². The van der Waals surface area contributed by atoms with Crippen molar-refractivity contribution in [2.75, 3.05) is 24.3 Å². The van der Waals surface area contributed by atoms with Crippen LogP contribution in [-0.2, 0) is 4.79 Å². The fourth-order valence-corrected chi connectivity index (χ4v) is 1.81. The topological polar surface area (TPSA) is 50.4 Å². The molecule has 2 aromatic rings. The smallest absolute Gasteiger partial charge is 0.226 e. The molecule has 0 unspecified atom stereocenters. The van der Waals surface area contributed by atoms with Crippen molar-refractivity contribution in [3.8, 4) is 5.75 Å². The predicted octanol–water partition coefficient (Wildman–Crippen LogP) is 3.28. The number of hydrogen-bond donors (Lipinski definition) is 2.